The van der Waals surface area contributed by atoms with Crippen molar-refractivity contribution >= 4 is 11.7 Å². The molecule has 0 radical (unpaired) electrons. The average Bonchev–Trinajstić information content (AvgIpc) is 3.19. The highest BCUT2D eigenvalue weighted by Crippen LogP contribution is 2.48. The van der Waals surface area contributed by atoms with Gasteiger partial charge < -0.3 is 14.8 Å². The molecule has 3 aromatic rings. The normalized spacial score (nSPS) is 18.9. The third-order valence-electron chi connectivity index (χ3n) is 6.45. The molecule has 2 aromatic carbocycles. The SMILES string of the molecule is COc1cccc(C2C3=C(CC(C)(C)CC3=O)Nc3nc(-c4ccccc4C)nn32)c1OC. The first kappa shape index (κ1) is 21.2. The van der Waals surface area contributed by atoms with E-state index < -0.39 is 6.04 Å². The number of benzene rings is 2. The molecule has 5 rings (SSSR count). The van der Waals surface area contributed by atoms with Crippen LogP contribution in [0.4, 0.5) is 5.95 Å². The molecule has 170 valence electrons. The molecular weight excluding hydrogens is 416 g/mol. The molecule has 0 bridgehead atoms. The molecule has 1 N–H and O–H groups in total. The lowest BCUT2D eigenvalue weighted by atomic mass is 9.73. The molecular formula is C26H28N4O3. The van der Waals surface area contributed by atoms with E-state index in [0.717, 1.165) is 34.4 Å². The van der Waals surface area contributed by atoms with E-state index in [1.807, 2.05) is 54.1 Å². The number of aromatic nitrogens is 3. The average molecular weight is 445 g/mol. The predicted octanol–water partition coefficient (Wildman–Crippen LogP) is 4.93. The Morgan fingerprint density at radius 2 is 1.85 bits per heavy atom. The van der Waals surface area contributed by atoms with Gasteiger partial charge in [-0.25, -0.2) is 4.68 Å². The molecule has 1 unspecified atom stereocenters. The number of aryl methyl sites for hydroxylation is 1. The van der Waals surface area contributed by atoms with Gasteiger partial charge in [-0.2, -0.15) is 4.98 Å². The van der Waals surface area contributed by atoms with Crippen LogP contribution in [0.15, 0.2) is 53.7 Å². The molecule has 2 heterocycles. The summed E-state index contributed by atoms with van der Waals surface area (Å²) in [7, 11) is 3.23. The van der Waals surface area contributed by atoms with Gasteiger partial charge in [0.2, 0.25) is 5.95 Å². The van der Waals surface area contributed by atoms with E-state index in [2.05, 4.69) is 19.2 Å². The lowest BCUT2D eigenvalue weighted by molar-refractivity contribution is -0.118. The largest absolute Gasteiger partial charge is 0.493 e. The Hall–Kier alpha value is -3.61. The maximum atomic E-state index is 13.5. The zero-order valence-corrected chi connectivity index (χ0v) is 19.6. The number of nitrogens with zero attached hydrogens (tertiary/aromatic N) is 3. The summed E-state index contributed by atoms with van der Waals surface area (Å²) in [5, 5.41) is 8.33. The van der Waals surface area contributed by atoms with Crippen molar-refractivity contribution < 1.29 is 14.3 Å². The molecule has 1 aliphatic carbocycles. The lowest BCUT2D eigenvalue weighted by Gasteiger charge is -2.38. The lowest BCUT2D eigenvalue weighted by Crippen LogP contribution is -2.36. The first-order valence-electron chi connectivity index (χ1n) is 11.1. The number of fused-ring (bicyclic) bond motifs is 1. The number of carbonyl (C=O) groups excluding carboxylic acids is 1. The van der Waals surface area contributed by atoms with Crippen molar-refractivity contribution in [1.82, 2.24) is 14.8 Å². The Morgan fingerprint density at radius 1 is 1.06 bits per heavy atom. The zero-order chi connectivity index (χ0) is 23.3. The van der Waals surface area contributed by atoms with Gasteiger partial charge in [-0.3, -0.25) is 4.79 Å². The van der Waals surface area contributed by atoms with Crippen LogP contribution in [0.3, 0.4) is 0 Å². The molecule has 7 heteroatoms. The number of anilines is 1. The fourth-order valence-corrected chi connectivity index (χ4v) is 4.96. The Balaban J connectivity index is 1.75. The summed E-state index contributed by atoms with van der Waals surface area (Å²) in [6.45, 7) is 6.28. The zero-order valence-electron chi connectivity index (χ0n) is 19.6. The van der Waals surface area contributed by atoms with Crippen molar-refractivity contribution in [3.63, 3.8) is 0 Å². The van der Waals surface area contributed by atoms with E-state index in [1.165, 1.54) is 0 Å². The van der Waals surface area contributed by atoms with Gasteiger partial charge in [0.15, 0.2) is 23.1 Å². The monoisotopic (exact) mass is 444 g/mol. The number of methoxy groups -OCH3 is 2. The maximum absolute atomic E-state index is 13.5. The van der Waals surface area contributed by atoms with Crippen molar-refractivity contribution in [2.75, 3.05) is 19.5 Å². The van der Waals surface area contributed by atoms with Crippen LogP contribution >= 0.6 is 0 Å². The number of allylic oxidation sites excluding steroid dienone is 2. The van der Waals surface area contributed by atoms with Gasteiger partial charge in [-0.05, 0) is 30.4 Å². The standard InChI is InChI=1S/C26H28N4O3/c1-15-9-6-7-10-16(15)24-28-25-27-18-13-26(2,3)14-19(31)21(18)22(30(25)29-24)17-11-8-12-20(32-4)23(17)33-5/h6-12,22H,13-14H2,1-5H3,(H,27,28,29). The molecule has 1 aliphatic heterocycles. The van der Waals surface area contributed by atoms with Crippen molar-refractivity contribution in [3.05, 3.63) is 64.9 Å². The van der Waals surface area contributed by atoms with E-state index in [-0.39, 0.29) is 11.2 Å². The molecule has 1 aromatic heterocycles. The number of ketones is 1. The van der Waals surface area contributed by atoms with Gasteiger partial charge in [0.1, 0.15) is 6.04 Å². The second-order valence-electron chi connectivity index (χ2n) is 9.46. The molecule has 33 heavy (non-hydrogen) atoms. The Morgan fingerprint density at radius 3 is 2.58 bits per heavy atom. The molecule has 1 atom stereocenters. The minimum Gasteiger partial charge on any atom is -0.493 e. The van der Waals surface area contributed by atoms with Crippen molar-refractivity contribution in [1.29, 1.82) is 0 Å². The molecule has 0 amide bonds. The Kier molecular flexibility index (Phi) is 5.00. The highest BCUT2D eigenvalue weighted by Gasteiger charge is 2.43. The van der Waals surface area contributed by atoms with Gasteiger partial charge in [0.05, 0.1) is 14.2 Å². The molecule has 0 fully saturated rings. The molecule has 0 saturated heterocycles. The highest BCUT2D eigenvalue weighted by molar-refractivity contribution is 6.00. The van der Waals surface area contributed by atoms with Crippen LogP contribution in [0, 0.1) is 12.3 Å². The topological polar surface area (TPSA) is 78.3 Å². The summed E-state index contributed by atoms with van der Waals surface area (Å²) in [4.78, 5) is 18.3. The molecule has 0 saturated carbocycles. The third kappa shape index (κ3) is 3.48. The second-order valence-corrected chi connectivity index (χ2v) is 9.46. The third-order valence-corrected chi connectivity index (χ3v) is 6.45. The molecule has 0 spiro atoms. The van der Waals surface area contributed by atoms with E-state index in [1.54, 1.807) is 14.2 Å². The van der Waals surface area contributed by atoms with Crippen LogP contribution in [0.1, 0.15) is 43.9 Å². The number of Topliss-reactive ketones (excluding diaryl/α,β-unsaturated/α-hetero) is 1. The fourth-order valence-electron chi connectivity index (χ4n) is 4.96. The number of nitrogens with one attached hydrogen (secondary N) is 1. The molecule has 2 aliphatic rings. The Bertz CT molecular complexity index is 1290. The fraction of sp³-hybridized carbons (Fsp3) is 0.346. The van der Waals surface area contributed by atoms with Crippen LogP contribution in [0.5, 0.6) is 11.5 Å². The summed E-state index contributed by atoms with van der Waals surface area (Å²) in [6, 6.07) is 13.3. The summed E-state index contributed by atoms with van der Waals surface area (Å²) in [5.74, 6) is 2.55. The molecule has 7 nitrogen and oxygen atoms in total. The first-order valence-corrected chi connectivity index (χ1v) is 11.1. The summed E-state index contributed by atoms with van der Waals surface area (Å²) >= 11 is 0. The van der Waals surface area contributed by atoms with Gasteiger partial charge in [-0.1, -0.05) is 50.2 Å². The summed E-state index contributed by atoms with van der Waals surface area (Å²) in [5.41, 5.74) is 4.36. The summed E-state index contributed by atoms with van der Waals surface area (Å²) in [6.07, 6.45) is 1.23. The quantitative estimate of drug-likeness (QED) is 0.615. The highest BCUT2D eigenvalue weighted by atomic mass is 16.5. The van der Waals surface area contributed by atoms with E-state index in [9.17, 15) is 4.79 Å². The maximum Gasteiger partial charge on any atom is 0.226 e. The van der Waals surface area contributed by atoms with Crippen LogP contribution in [0.2, 0.25) is 0 Å². The van der Waals surface area contributed by atoms with E-state index >= 15 is 0 Å². The number of rotatable bonds is 4. The second kappa shape index (κ2) is 7.76. The Labute approximate surface area is 193 Å². The van der Waals surface area contributed by atoms with Gasteiger partial charge in [-0.15, -0.1) is 5.10 Å². The van der Waals surface area contributed by atoms with Crippen LogP contribution in [0.25, 0.3) is 11.4 Å². The van der Waals surface area contributed by atoms with Crippen molar-refractivity contribution in [3.8, 4) is 22.9 Å². The predicted molar refractivity (Wildman–Crippen MR) is 127 cm³/mol. The number of hydrogen-bond donors (Lipinski definition) is 1. The minimum absolute atomic E-state index is 0.113. The summed E-state index contributed by atoms with van der Waals surface area (Å²) < 4.78 is 13.1. The number of para-hydroxylation sites is 1. The number of hydrogen-bond acceptors (Lipinski definition) is 6. The van der Waals surface area contributed by atoms with Gasteiger partial charge >= 0.3 is 0 Å². The van der Waals surface area contributed by atoms with Crippen LogP contribution in [-0.2, 0) is 4.79 Å². The van der Waals surface area contributed by atoms with Gasteiger partial charge in [0, 0.05) is 28.8 Å². The number of ether oxygens (including phenoxy) is 2. The smallest absolute Gasteiger partial charge is 0.226 e. The van der Waals surface area contributed by atoms with Crippen molar-refractivity contribution in [2.45, 2.75) is 39.7 Å². The van der Waals surface area contributed by atoms with Crippen LogP contribution in [-0.4, -0.2) is 34.8 Å². The van der Waals surface area contributed by atoms with Gasteiger partial charge in [0.25, 0.3) is 0 Å². The van der Waals surface area contributed by atoms with E-state index in [0.29, 0.717) is 29.7 Å². The first-order chi connectivity index (χ1) is 15.8. The van der Waals surface area contributed by atoms with E-state index in [4.69, 9.17) is 19.6 Å². The number of carbonyl (C=O) groups is 1. The minimum atomic E-state index is -0.463. The van der Waals surface area contributed by atoms with Crippen molar-refractivity contribution in [2.24, 2.45) is 5.41 Å². The van der Waals surface area contributed by atoms with Crippen LogP contribution < -0.4 is 14.8 Å².